The van der Waals surface area contributed by atoms with E-state index in [-0.39, 0.29) is 5.78 Å². The number of carbonyl (C=O) groups is 1. The van der Waals surface area contributed by atoms with Gasteiger partial charge >= 0.3 is 0 Å². The molecule has 1 aromatic rings. The molecule has 0 radical (unpaired) electrons. The molecule has 0 unspecified atom stereocenters. The van der Waals surface area contributed by atoms with Gasteiger partial charge in [0.1, 0.15) is 5.69 Å². The Balaban J connectivity index is 3.19. The van der Waals surface area contributed by atoms with Gasteiger partial charge in [-0.3, -0.25) is 4.79 Å². The Labute approximate surface area is 73.8 Å². The molecule has 1 heterocycles. The molecule has 1 rings (SSSR count). The van der Waals surface area contributed by atoms with E-state index < -0.39 is 0 Å². The molecule has 0 bridgehead atoms. The number of ketones is 1. The second-order valence-corrected chi connectivity index (χ2v) is 3.28. The zero-order valence-corrected chi connectivity index (χ0v) is 7.97. The Kier molecular flexibility index (Phi) is 2.39. The number of aryl methyl sites for hydroxylation is 1. The molecule has 58 valence electrons. The molecule has 2 nitrogen and oxygen atoms in total. The molecule has 0 atom stereocenters. The highest BCUT2D eigenvalue weighted by Crippen LogP contribution is 2.12. The Morgan fingerprint density at radius 2 is 2.18 bits per heavy atom. The zero-order chi connectivity index (χ0) is 8.43. The number of Topliss-reactive ketones (excluding diaryl/α,β-unsaturated/α-hetero) is 1. The third-order valence-electron chi connectivity index (χ3n) is 1.28. The van der Waals surface area contributed by atoms with Gasteiger partial charge in [0.25, 0.3) is 0 Å². The molecule has 0 aliphatic rings. The summed E-state index contributed by atoms with van der Waals surface area (Å²) in [6, 6.07) is 3.59. The van der Waals surface area contributed by atoms with Crippen molar-refractivity contribution in [2.45, 2.75) is 13.8 Å². The fourth-order valence-electron chi connectivity index (χ4n) is 0.807. The van der Waals surface area contributed by atoms with Crippen LogP contribution in [0.5, 0.6) is 0 Å². The van der Waals surface area contributed by atoms with Crippen LogP contribution in [0.3, 0.4) is 0 Å². The van der Waals surface area contributed by atoms with E-state index in [0.717, 1.165) is 10.2 Å². The van der Waals surface area contributed by atoms with E-state index >= 15 is 0 Å². The summed E-state index contributed by atoms with van der Waals surface area (Å²) in [5.41, 5.74) is 1.36. The van der Waals surface area contributed by atoms with Gasteiger partial charge in [0.15, 0.2) is 5.78 Å². The van der Waals surface area contributed by atoms with Gasteiger partial charge in [0.2, 0.25) is 0 Å². The van der Waals surface area contributed by atoms with Crippen molar-refractivity contribution in [1.29, 1.82) is 0 Å². The summed E-state index contributed by atoms with van der Waals surface area (Å²) in [4.78, 5) is 14.9. The van der Waals surface area contributed by atoms with Gasteiger partial charge in [-0.1, -0.05) is 15.9 Å². The molecule has 0 aliphatic heterocycles. The smallest absolute Gasteiger partial charge is 0.178 e. The van der Waals surface area contributed by atoms with Crippen LogP contribution in [0.15, 0.2) is 16.6 Å². The quantitative estimate of drug-likeness (QED) is 0.671. The van der Waals surface area contributed by atoms with E-state index in [4.69, 9.17) is 0 Å². The Bertz CT molecular complexity index is 276. The summed E-state index contributed by atoms with van der Waals surface area (Å²) in [6.07, 6.45) is 0. The zero-order valence-electron chi connectivity index (χ0n) is 6.39. The highest BCUT2D eigenvalue weighted by molar-refractivity contribution is 9.10. The predicted octanol–water partition coefficient (Wildman–Crippen LogP) is 2.36. The summed E-state index contributed by atoms with van der Waals surface area (Å²) in [6.45, 7) is 3.37. The molecule has 0 aromatic carbocycles. The molecule has 1 aromatic heterocycles. The van der Waals surface area contributed by atoms with E-state index in [1.807, 2.05) is 13.0 Å². The number of aromatic nitrogens is 1. The average Bonchev–Trinajstić information content (AvgIpc) is 1.85. The molecule has 11 heavy (non-hydrogen) atoms. The first-order chi connectivity index (χ1) is 5.09. The fourth-order valence-corrected chi connectivity index (χ4v) is 1.35. The van der Waals surface area contributed by atoms with Crippen molar-refractivity contribution >= 4 is 21.7 Å². The molecule has 0 spiro atoms. The van der Waals surface area contributed by atoms with Gasteiger partial charge in [0, 0.05) is 17.1 Å². The van der Waals surface area contributed by atoms with Crippen LogP contribution in [-0.2, 0) is 0 Å². The highest BCUT2D eigenvalue weighted by Gasteiger charge is 2.01. The molecule has 0 fully saturated rings. The first kappa shape index (κ1) is 8.40. The maximum atomic E-state index is 10.9. The first-order valence-corrected chi connectivity index (χ1v) is 4.04. The number of halogens is 1. The highest BCUT2D eigenvalue weighted by atomic mass is 79.9. The lowest BCUT2D eigenvalue weighted by molar-refractivity contribution is 0.101. The van der Waals surface area contributed by atoms with E-state index in [9.17, 15) is 4.79 Å². The van der Waals surface area contributed by atoms with Crippen LogP contribution in [0, 0.1) is 6.92 Å². The van der Waals surface area contributed by atoms with Crippen LogP contribution >= 0.6 is 15.9 Å². The second-order valence-electron chi connectivity index (χ2n) is 2.37. The van der Waals surface area contributed by atoms with Gasteiger partial charge in [0.05, 0.1) is 0 Å². The summed E-state index contributed by atoms with van der Waals surface area (Å²) in [5.74, 6) is -0.00519. The van der Waals surface area contributed by atoms with Crippen molar-refractivity contribution in [2.75, 3.05) is 0 Å². The minimum Gasteiger partial charge on any atom is -0.293 e. The van der Waals surface area contributed by atoms with Crippen molar-refractivity contribution in [3.05, 3.63) is 28.0 Å². The number of pyridine rings is 1. The van der Waals surface area contributed by atoms with Crippen molar-refractivity contribution in [1.82, 2.24) is 4.98 Å². The lowest BCUT2D eigenvalue weighted by Gasteiger charge is -1.97. The largest absolute Gasteiger partial charge is 0.293 e. The number of nitrogens with zero attached hydrogens (tertiary/aromatic N) is 1. The lowest BCUT2D eigenvalue weighted by atomic mass is 10.2. The monoisotopic (exact) mass is 213 g/mol. The van der Waals surface area contributed by atoms with E-state index in [1.54, 1.807) is 6.07 Å². The number of carbonyl (C=O) groups excluding carboxylic acids is 1. The number of hydrogen-bond acceptors (Lipinski definition) is 2. The molecule has 0 aliphatic carbocycles. The molecular formula is C8H8BrNO. The van der Waals surface area contributed by atoms with Crippen LogP contribution < -0.4 is 0 Å². The van der Waals surface area contributed by atoms with Crippen LogP contribution in [0.1, 0.15) is 23.1 Å². The molecule has 0 saturated carbocycles. The molecule has 0 saturated heterocycles. The van der Waals surface area contributed by atoms with Crippen molar-refractivity contribution in [3.8, 4) is 0 Å². The molecular weight excluding hydrogens is 206 g/mol. The number of rotatable bonds is 1. The minimum absolute atomic E-state index is 0.00519. The van der Waals surface area contributed by atoms with Crippen LogP contribution in [0.4, 0.5) is 0 Å². The molecule has 0 amide bonds. The van der Waals surface area contributed by atoms with E-state index in [0.29, 0.717) is 5.69 Å². The maximum absolute atomic E-state index is 10.9. The van der Waals surface area contributed by atoms with E-state index in [1.165, 1.54) is 6.92 Å². The molecule has 3 heteroatoms. The van der Waals surface area contributed by atoms with Crippen molar-refractivity contribution in [2.24, 2.45) is 0 Å². The molecule has 0 N–H and O–H groups in total. The first-order valence-electron chi connectivity index (χ1n) is 3.25. The summed E-state index contributed by atoms with van der Waals surface area (Å²) < 4.78 is 0.898. The predicted molar refractivity (Wildman–Crippen MR) is 46.7 cm³/mol. The lowest BCUT2D eigenvalue weighted by Crippen LogP contribution is -1.97. The van der Waals surface area contributed by atoms with Crippen LogP contribution in [0.2, 0.25) is 0 Å². The SMILES string of the molecule is CC(=O)c1cc(Br)cc(C)n1. The number of hydrogen-bond donors (Lipinski definition) is 0. The van der Waals surface area contributed by atoms with Crippen molar-refractivity contribution in [3.63, 3.8) is 0 Å². The maximum Gasteiger partial charge on any atom is 0.178 e. The van der Waals surface area contributed by atoms with E-state index in [2.05, 4.69) is 20.9 Å². The third-order valence-corrected chi connectivity index (χ3v) is 1.74. The summed E-state index contributed by atoms with van der Waals surface area (Å²) >= 11 is 3.29. The van der Waals surface area contributed by atoms with Gasteiger partial charge in [-0.2, -0.15) is 0 Å². The fraction of sp³-hybridized carbons (Fsp3) is 0.250. The average molecular weight is 214 g/mol. The topological polar surface area (TPSA) is 30.0 Å². The van der Waals surface area contributed by atoms with Crippen molar-refractivity contribution < 1.29 is 4.79 Å². The standard InChI is InChI=1S/C8H8BrNO/c1-5-3-7(9)4-8(10-5)6(2)11/h3-4H,1-2H3. The second kappa shape index (κ2) is 3.13. The summed E-state index contributed by atoms with van der Waals surface area (Å²) in [5, 5.41) is 0. The van der Waals surface area contributed by atoms with Crippen LogP contribution in [-0.4, -0.2) is 10.8 Å². The minimum atomic E-state index is -0.00519. The Morgan fingerprint density at radius 3 is 2.64 bits per heavy atom. The van der Waals surface area contributed by atoms with Gasteiger partial charge in [-0.05, 0) is 19.1 Å². The summed E-state index contributed by atoms with van der Waals surface area (Å²) in [7, 11) is 0. The van der Waals surface area contributed by atoms with Crippen LogP contribution in [0.25, 0.3) is 0 Å². The third kappa shape index (κ3) is 2.12. The Morgan fingerprint density at radius 1 is 1.55 bits per heavy atom. The van der Waals surface area contributed by atoms with Gasteiger partial charge in [-0.25, -0.2) is 4.98 Å². The Hall–Kier alpha value is -0.700. The van der Waals surface area contributed by atoms with Gasteiger partial charge in [-0.15, -0.1) is 0 Å². The normalized spacial score (nSPS) is 9.73. The van der Waals surface area contributed by atoms with Gasteiger partial charge < -0.3 is 0 Å².